The molecule has 4 aromatic rings. The van der Waals surface area contributed by atoms with E-state index in [1.165, 1.54) is 6.33 Å². The summed E-state index contributed by atoms with van der Waals surface area (Å²) >= 11 is 0. The Balaban J connectivity index is -0.000000283. The van der Waals surface area contributed by atoms with Gasteiger partial charge in [0.25, 0.3) is 0 Å². The van der Waals surface area contributed by atoms with Crippen LogP contribution in [0.25, 0.3) is 0 Å². The van der Waals surface area contributed by atoms with Crippen LogP contribution in [-0.4, -0.2) is 60.7 Å². The molecule has 0 fully saturated rings. The van der Waals surface area contributed by atoms with Crippen LogP contribution in [0.5, 0.6) is 0 Å². The standard InChI is InChI=1S/C9H15N3.3C8H13N3.4C2H6/c1-5-7-8(9(2,3)4)12-11-6-10-7;1-6-9-5-7(11-10-6)8(2,3)4;1-6-5-9-11-7(10-6)8(2,3)4;1-6-5-9-7(11-10-6)8(2,3)4;4*1-2/h6H,5H2,1-4H3;3*5H,1-4H3;4*1-2H3. The first-order chi connectivity index (χ1) is 24.6. The second kappa shape index (κ2) is 28.5. The van der Waals surface area contributed by atoms with E-state index in [4.69, 9.17) is 0 Å². The molecule has 0 amide bonds. The van der Waals surface area contributed by atoms with Crippen LogP contribution in [0, 0.1) is 20.8 Å². The first kappa shape index (κ1) is 55.8. The third-order valence-corrected chi connectivity index (χ3v) is 5.88. The van der Waals surface area contributed by atoms with Gasteiger partial charge in [0, 0.05) is 21.7 Å². The van der Waals surface area contributed by atoms with E-state index >= 15 is 0 Å². The maximum absolute atomic E-state index is 4.27. The fraction of sp³-hybridized carbons (Fsp3) is 0.707. The minimum absolute atomic E-state index is 0.000694. The maximum atomic E-state index is 4.27. The van der Waals surface area contributed by atoms with Gasteiger partial charge in [-0.15, -0.1) is 20.4 Å². The molecule has 0 aliphatic carbocycles. The molecule has 0 atom stereocenters. The van der Waals surface area contributed by atoms with Crippen molar-refractivity contribution in [3.63, 3.8) is 0 Å². The van der Waals surface area contributed by atoms with Crippen LogP contribution < -0.4 is 0 Å². The number of hydrogen-bond acceptors (Lipinski definition) is 12. The van der Waals surface area contributed by atoms with Gasteiger partial charge in [0.2, 0.25) is 0 Å². The van der Waals surface area contributed by atoms with Crippen LogP contribution in [-0.2, 0) is 28.1 Å². The van der Waals surface area contributed by atoms with Gasteiger partial charge in [-0.2, -0.15) is 20.4 Å². The van der Waals surface area contributed by atoms with E-state index in [-0.39, 0.29) is 21.7 Å². The minimum atomic E-state index is -0.000972. The van der Waals surface area contributed by atoms with Crippen LogP contribution >= 0.6 is 0 Å². The Hall–Kier alpha value is -3.96. The predicted molar refractivity (Wildman–Crippen MR) is 223 cm³/mol. The third-order valence-electron chi connectivity index (χ3n) is 5.88. The molecule has 53 heavy (non-hydrogen) atoms. The van der Waals surface area contributed by atoms with Crippen LogP contribution in [0.15, 0.2) is 24.9 Å². The highest BCUT2D eigenvalue weighted by Gasteiger charge is 2.20. The lowest BCUT2D eigenvalue weighted by atomic mass is 9.90. The van der Waals surface area contributed by atoms with Crippen molar-refractivity contribution in [3.05, 3.63) is 70.9 Å². The molecule has 12 nitrogen and oxygen atoms in total. The normalized spacial score (nSPS) is 10.3. The van der Waals surface area contributed by atoms with Gasteiger partial charge in [0.15, 0.2) is 11.6 Å². The Morgan fingerprint density at radius 1 is 0.453 bits per heavy atom. The zero-order valence-electron chi connectivity index (χ0n) is 38.4. The quantitative estimate of drug-likeness (QED) is 0.182. The molecule has 0 bridgehead atoms. The van der Waals surface area contributed by atoms with Crippen molar-refractivity contribution < 1.29 is 0 Å². The van der Waals surface area contributed by atoms with Crippen molar-refractivity contribution in [2.75, 3.05) is 0 Å². The van der Waals surface area contributed by atoms with E-state index in [1.54, 1.807) is 18.6 Å². The molecule has 0 saturated heterocycles. The van der Waals surface area contributed by atoms with Gasteiger partial charge in [-0.1, -0.05) is 145 Å². The Kier molecular flexibility index (Phi) is 30.0. The summed E-state index contributed by atoms with van der Waals surface area (Å²) in [6.07, 6.45) is 7.61. The minimum Gasteiger partial charge on any atom is -0.238 e. The van der Waals surface area contributed by atoms with E-state index in [0.717, 1.165) is 52.4 Å². The van der Waals surface area contributed by atoms with Crippen molar-refractivity contribution >= 4 is 0 Å². The predicted octanol–water partition coefficient (Wildman–Crippen LogP) is 10.3. The number of hydrogen-bond donors (Lipinski definition) is 0. The highest BCUT2D eigenvalue weighted by Crippen LogP contribution is 2.22. The summed E-state index contributed by atoms with van der Waals surface area (Å²) in [5.74, 6) is 2.32. The first-order valence-electron chi connectivity index (χ1n) is 19.2. The zero-order valence-corrected chi connectivity index (χ0v) is 38.4. The average Bonchev–Trinajstić information content (AvgIpc) is 3.11. The Morgan fingerprint density at radius 2 is 0.981 bits per heavy atom. The maximum Gasteiger partial charge on any atom is 0.156 e. The van der Waals surface area contributed by atoms with Crippen molar-refractivity contribution in [3.8, 4) is 0 Å². The third kappa shape index (κ3) is 25.6. The van der Waals surface area contributed by atoms with Crippen molar-refractivity contribution in [2.24, 2.45) is 0 Å². The molecule has 0 saturated carbocycles. The van der Waals surface area contributed by atoms with E-state index in [1.807, 2.05) is 76.2 Å². The van der Waals surface area contributed by atoms with E-state index in [9.17, 15) is 0 Å². The summed E-state index contributed by atoms with van der Waals surface area (Å²) in [5, 5.41) is 31.5. The summed E-state index contributed by atoms with van der Waals surface area (Å²) in [6, 6.07) is 0. The van der Waals surface area contributed by atoms with Gasteiger partial charge in [-0.25, -0.2) is 19.9 Å². The summed E-state index contributed by atoms with van der Waals surface area (Å²) in [6.45, 7) is 48.8. The lowest BCUT2D eigenvalue weighted by Gasteiger charge is -2.18. The molecule has 0 aliphatic rings. The molecule has 0 radical (unpaired) electrons. The summed E-state index contributed by atoms with van der Waals surface area (Å²) < 4.78 is 0. The van der Waals surface area contributed by atoms with Crippen molar-refractivity contribution in [1.29, 1.82) is 0 Å². The Labute approximate surface area is 325 Å². The Bertz CT molecular complexity index is 1370. The topological polar surface area (TPSA) is 155 Å². The van der Waals surface area contributed by atoms with Gasteiger partial charge in [-0.3, -0.25) is 0 Å². The van der Waals surface area contributed by atoms with Gasteiger partial charge >= 0.3 is 0 Å². The van der Waals surface area contributed by atoms with Gasteiger partial charge in [0.05, 0.1) is 47.1 Å². The summed E-state index contributed by atoms with van der Waals surface area (Å²) in [7, 11) is 0. The van der Waals surface area contributed by atoms with E-state index in [2.05, 4.69) is 151 Å². The summed E-state index contributed by atoms with van der Waals surface area (Å²) in [4.78, 5) is 16.7. The van der Waals surface area contributed by atoms with Crippen LogP contribution in [0.3, 0.4) is 0 Å². The molecule has 4 rings (SSSR count). The largest absolute Gasteiger partial charge is 0.238 e. The molecule has 0 N–H and O–H groups in total. The first-order valence-corrected chi connectivity index (χ1v) is 19.2. The lowest BCUT2D eigenvalue weighted by molar-refractivity contribution is 0.530. The van der Waals surface area contributed by atoms with Crippen LogP contribution in [0.1, 0.15) is 191 Å². The van der Waals surface area contributed by atoms with E-state index in [0.29, 0.717) is 0 Å². The molecular formula is C41H78N12. The molecule has 0 unspecified atom stereocenters. The highest BCUT2D eigenvalue weighted by molar-refractivity contribution is 5.17. The van der Waals surface area contributed by atoms with Crippen molar-refractivity contribution in [1.82, 2.24) is 60.7 Å². The van der Waals surface area contributed by atoms with Crippen LogP contribution in [0.2, 0.25) is 0 Å². The van der Waals surface area contributed by atoms with Gasteiger partial charge < -0.3 is 0 Å². The second-order valence-corrected chi connectivity index (χ2v) is 14.8. The SMILES string of the molecule is CC.CC.CC.CC.CCc1ncnnc1C(C)(C)C.Cc1cnc(C(C)(C)C)nn1.Cc1cnnc(C(C)(C)C)n1.Cc1ncc(C(C)(C)C)nn1. The number of aromatic nitrogens is 12. The van der Waals surface area contributed by atoms with Gasteiger partial charge in [-0.05, 0) is 27.2 Å². The van der Waals surface area contributed by atoms with E-state index < -0.39 is 0 Å². The highest BCUT2D eigenvalue weighted by atomic mass is 15.2. The molecule has 0 aromatic carbocycles. The number of nitrogens with zero attached hydrogens (tertiary/aromatic N) is 12. The molecule has 302 valence electrons. The molecule has 0 aliphatic heterocycles. The molecular weight excluding hydrogens is 661 g/mol. The fourth-order valence-corrected chi connectivity index (χ4v) is 3.19. The number of rotatable bonds is 1. The molecule has 0 spiro atoms. The van der Waals surface area contributed by atoms with Gasteiger partial charge in [0.1, 0.15) is 12.2 Å². The average molecular weight is 739 g/mol. The van der Waals surface area contributed by atoms with Crippen molar-refractivity contribution in [2.45, 2.75) is 194 Å². The Morgan fingerprint density at radius 3 is 1.30 bits per heavy atom. The molecule has 4 aromatic heterocycles. The smallest absolute Gasteiger partial charge is 0.156 e. The second-order valence-electron chi connectivity index (χ2n) is 14.8. The fourth-order valence-electron chi connectivity index (χ4n) is 3.19. The molecule has 4 heterocycles. The zero-order chi connectivity index (χ0) is 42.6. The monoisotopic (exact) mass is 739 g/mol. The van der Waals surface area contributed by atoms with Crippen LogP contribution in [0.4, 0.5) is 0 Å². The summed E-state index contributed by atoms with van der Waals surface area (Å²) in [5.41, 5.74) is 4.87. The lowest BCUT2D eigenvalue weighted by Crippen LogP contribution is -2.18. The molecule has 12 heteroatoms. The number of aryl methyl sites for hydroxylation is 4.